The largest absolute Gasteiger partial charge is 0.491 e. The fraction of sp³-hybridized carbons (Fsp3) is 0.500. The van der Waals surface area contributed by atoms with E-state index in [-0.39, 0.29) is 0 Å². The molecular formula is C12H16BrClN2O. The Morgan fingerprint density at radius 1 is 1.53 bits per heavy atom. The van der Waals surface area contributed by atoms with Crippen LogP contribution in [0.2, 0.25) is 5.02 Å². The van der Waals surface area contributed by atoms with E-state index < -0.39 is 0 Å². The Morgan fingerprint density at radius 3 is 2.82 bits per heavy atom. The summed E-state index contributed by atoms with van der Waals surface area (Å²) in [6.45, 7) is 2.59. The molecule has 2 rings (SSSR count). The van der Waals surface area contributed by atoms with Crippen LogP contribution in [0.15, 0.2) is 16.6 Å². The number of hydrogen-bond donors (Lipinski definition) is 2. The molecule has 0 heterocycles. The molecule has 1 fully saturated rings. The molecule has 1 aromatic carbocycles. The minimum Gasteiger partial charge on any atom is -0.491 e. The third-order valence-corrected chi connectivity index (χ3v) is 3.64. The summed E-state index contributed by atoms with van der Waals surface area (Å²) in [4.78, 5) is 0. The molecule has 1 aliphatic rings. The quantitative estimate of drug-likeness (QED) is 0.894. The Bertz CT molecular complexity index is 408. The first kappa shape index (κ1) is 13.0. The van der Waals surface area contributed by atoms with E-state index in [0.29, 0.717) is 23.7 Å². The van der Waals surface area contributed by atoms with Gasteiger partial charge in [0.25, 0.3) is 0 Å². The monoisotopic (exact) mass is 318 g/mol. The minimum absolute atomic E-state index is 0.325. The summed E-state index contributed by atoms with van der Waals surface area (Å²) >= 11 is 9.51. The zero-order chi connectivity index (χ0) is 12.4. The first-order valence-corrected chi connectivity index (χ1v) is 6.91. The molecule has 0 unspecified atom stereocenters. The van der Waals surface area contributed by atoms with Gasteiger partial charge in [0.1, 0.15) is 0 Å². The third-order valence-electron chi connectivity index (χ3n) is 2.83. The highest BCUT2D eigenvalue weighted by atomic mass is 79.9. The lowest BCUT2D eigenvalue weighted by molar-refractivity contribution is 0.335. The van der Waals surface area contributed by atoms with Crippen LogP contribution in [0.5, 0.6) is 5.75 Å². The Labute approximate surface area is 115 Å². The second-order valence-corrected chi connectivity index (χ2v) is 5.56. The fourth-order valence-corrected chi connectivity index (χ4v) is 2.88. The normalized spacial score (nSPS) is 23.1. The fourth-order valence-electron chi connectivity index (χ4n) is 1.96. The van der Waals surface area contributed by atoms with Gasteiger partial charge in [0.05, 0.1) is 16.8 Å². The van der Waals surface area contributed by atoms with Gasteiger partial charge in [-0.25, -0.2) is 0 Å². The van der Waals surface area contributed by atoms with Gasteiger partial charge < -0.3 is 15.8 Å². The highest BCUT2D eigenvalue weighted by Crippen LogP contribution is 2.38. The number of anilines is 1. The van der Waals surface area contributed by atoms with Crippen LogP contribution in [0.3, 0.4) is 0 Å². The van der Waals surface area contributed by atoms with Crippen molar-refractivity contribution in [3.8, 4) is 5.75 Å². The molecule has 17 heavy (non-hydrogen) atoms. The molecule has 94 valence electrons. The number of nitrogens with two attached hydrogens (primary N) is 1. The molecule has 5 heteroatoms. The van der Waals surface area contributed by atoms with Gasteiger partial charge in [0.2, 0.25) is 0 Å². The van der Waals surface area contributed by atoms with Gasteiger partial charge in [-0.3, -0.25) is 0 Å². The molecule has 0 amide bonds. The number of ether oxygens (including phenoxy) is 1. The lowest BCUT2D eigenvalue weighted by Gasteiger charge is -2.34. The van der Waals surface area contributed by atoms with Crippen LogP contribution >= 0.6 is 27.5 Å². The van der Waals surface area contributed by atoms with Crippen molar-refractivity contribution in [2.24, 2.45) is 5.73 Å². The van der Waals surface area contributed by atoms with E-state index >= 15 is 0 Å². The summed E-state index contributed by atoms with van der Waals surface area (Å²) in [7, 11) is 0. The highest BCUT2D eigenvalue weighted by Gasteiger charge is 2.26. The lowest BCUT2D eigenvalue weighted by Crippen LogP contribution is -2.44. The Balaban J connectivity index is 2.18. The molecule has 1 aliphatic carbocycles. The van der Waals surface area contributed by atoms with E-state index in [9.17, 15) is 0 Å². The topological polar surface area (TPSA) is 47.3 Å². The van der Waals surface area contributed by atoms with Gasteiger partial charge in [0.15, 0.2) is 5.75 Å². The van der Waals surface area contributed by atoms with Crippen LogP contribution in [-0.2, 0) is 0 Å². The summed E-state index contributed by atoms with van der Waals surface area (Å²) < 4.78 is 6.49. The Kier molecular flexibility index (Phi) is 4.17. The Hall–Kier alpha value is -0.450. The maximum absolute atomic E-state index is 6.05. The molecule has 0 saturated heterocycles. The highest BCUT2D eigenvalue weighted by molar-refractivity contribution is 9.10. The number of rotatable bonds is 4. The van der Waals surface area contributed by atoms with Crippen molar-refractivity contribution >= 4 is 33.2 Å². The van der Waals surface area contributed by atoms with Crippen molar-refractivity contribution in [1.29, 1.82) is 0 Å². The van der Waals surface area contributed by atoms with Crippen LogP contribution in [-0.4, -0.2) is 18.7 Å². The predicted molar refractivity (Wildman–Crippen MR) is 74.9 cm³/mol. The van der Waals surface area contributed by atoms with E-state index in [0.717, 1.165) is 28.8 Å². The van der Waals surface area contributed by atoms with E-state index in [4.69, 9.17) is 22.1 Å². The zero-order valence-electron chi connectivity index (χ0n) is 9.67. The molecule has 1 aromatic rings. The molecule has 0 aromatic heterocycles. The van der Waals surface area contributed by atoms with E-state index in [1.54, 1.807) is 0 Å². The van der Waals surface area contributed by atoms with Crippen molar-refractivity contribution in [2.45, 2.75) is 31.8 Å². The number of hydrogen-bond acceptors (Lipinski definition) is 3. The maximum atomic E-state index is 6.05. The van der Waals surface area contributed by atoms with Crippen LogP contribution < -0.4 is 15.8 Å². The first-order chi connectivity index (χ1) is 8.10. The number of nitrogens with one attached hydrogen (secondary N) is 1. The molecule has 0 bridgehead atoms. The van der Waals surface area contributed by atoms with Gasteiger partial charge in [-0.2, -0.15) is 0 Å². The average molecular weight is 320 g/mol. The molecule has 0 atom stereocenters. The molecule has 0 spiro atoms. The van der Waals surface area contributed by atoms with Gasteiger partial charge in [-0.15, -0.1) is 0 Å². The molecule has 0 radical (unpaired) electrons. The van der Waals surface area contributed by atoms with Crippen LogP contribution in [0.1, 0.15) is 19.8 Å². The smallest absolute Gasteiger partial charge is 0.156 e. The van der Waals surface area contributed by atoms with Crippen LogP contribution in [0.25, 0.3) is 0 Å². The summed E-state index contributed by atoms with van der Waals surface area (Å²) in [5, 5.41) is 4.11. The molecule has 1 saturated carbocycles. The predicted octanol–water partition coefficient (Wildman–Crippen LogP) is 3.40. The van der Waals surface area contributed by atoms with Gasteiger partial charge in [-0.05, 0) is 47.8 Å². The second-order valence-electron chi connectivity index (χ2n) is 4.27. The second kappa shape index (κ2) is 5.46. The standard InChI is InChI=1S/C12H16BrClN2O/c1-2-17-12-10(13)3-7(14)4-11(12)16-9-5-8(15)6-9/h3-4,8-9,16H,2,5-6,15H2,1H3. The van der Waals surface area contributed by atoms with Crippen LogP contribution in [0.4, 0.5) is 5.69 Å². The van der Waals surface area contributed by atoms with Crippen molar-refractivity contribution in [1.82, 2.24) is 0 Å². The third kappa shape index (κ3) is 3.06. The molecule has 3 nitrogen and oxygen atoms in total. The van der Waals surface area contributed by atoms with Crippen molar-refractivity contribution in [3.63, 3.8) is 0 Å². The maximum Gasteiger partial charge on any atom is 0.156 e. The van der Waals surface area contributed by atoms with E-state index in [1.165, 1.54) is 0 Å². The van der Waals surface area contributed by atoms with E-state index in [1.807, 2.05) is 19.1 Å². The first-order valence-electron chi connectivity index (χ1n) is 5.74. The van der Waals surface area contributed by atoms with Gasteiger partial charge >= 0.3 is 0 Å². The molecule has 3 N–H and O–H groups in total. The zero-order valence-corrected chi connectivity index (χ0v) is 12.0. The van der Waals surface area contributed by atoms with E-state index in [2.05, 4.69) is 21.2 Å². The Morgan fingerprint density at radius 2 is 2.24 bits per heavy atom. The van der Waals surface area contributed by atoms with Crippen molar-refractivity contribution in [3.05, 3.63) is 21.6 Å². The summed E-state index contributed by atoms with van der Waals surface area (Å²) in [5.74, 6) is 0.817. The average Bonchev–Trinajstić information content (AvgIpc) is 2.21. The minimum atomic E-state index is 0.325. The number of benzene rings is 1. The van der Waals surface area contributed by atoms with Gasteiger partial charge in [0, 0.05) is 17.1 Å². The molecular weight excluding hydrogens is 304 g/mol. The van der Waals surface area contributed by atoms with Crippen molar-refractivity contribution in [2.75, 3.05) is 11.9 Å². The van der Waals surface area contributed by atoms with Crippen molar-refractivity contribution < 1.29 is 4.74 Å². The SMILES string of the molecule is CCOc1c(Br)cc(Cl)cc1NC1CC(N)C1. The lowest BCUT2D eigenvalue weighted by atomic mass is 9.87. The summed E-state index contributed by atoms with van der Waals surface area (Å²) in [6.07, 6.45) is 1.99. The summed E-state index contributed by atoms with van der Waals surface area (Å²) in [5.41, 5.74) is 6.71. The number of halogens is 2. The van der Waals surface area contributed by atoms with Gasteiger partial charge in [-0.1, -0.05) is 11.6 Å². The van der Waals surface area contributed by atoms with Crippen LogP contribution in [0, 0.1) is 0 Å². The molecule has 0 aliphatic heterocycles. The summed E-state index contributed by atoms with van der Waals surface area (Å²) in [6, 6.07) is 4.48.